The van der Waals surface area contributed by atoms with E-state index in [1.54, 1.807) is 7.11 Å². The van der Waals surface area contributed by atoms with Gasteiger partial charge in [-0.3, -0.25) is 0 Å². The van der Waals surface area contributed by atoms with Gasteiger partial charge in [0.05, 0.1) is 12.1 Å². The van der Waals surface area contributed by atoms with Crippen LogP contribution in [-0.4, -0.2) is 20.2 Å². The molecule has 1 aliphatic heterocycles. The average molecular weight is 280 g/mol. The predicted molar refractivity (Wildman–Crippen MR) is 79.6 cm³/mol. The first-order valence-electron chi connectivity index (χ1n) is 7.32. The molecule has 2 nitrogen and oxygen atoms in total. The summed E-state index contributed by atoms with van der Waals surface area (Å²) in [5, 5.41) is 4.33. The number of fused-ring (bicyclic) bond motifs is 1. The quantitative estimate of drug-likeness (QED) is 0.893. The van der Waals surface area contributed by atoms with Crippen LogP contribution in [0.2, 0.25) is 5.02 Å². The van der Waals surface area contributed by atoms with Crippen molar-refractivity contribution < 1.29 is 4.74 Å². The molecule has 0 bridgehead atoms. The monoisotopic (exact) mass is 279 g/mol. The van der Waals surface area contributed by atoms with Crippen molar-refractivity contribution >= 4 is 11.6 Å². The lowest BCUT2D eigenvalue weighted by Gasteiger charge is -2.27. The third kappa shape index (κ3) is 2.15. The third-order valence-electron chi connectivity index (χ3n) is 4.71. The van der Waals surface area contributed by atoms with E-state index < -0.39 is 0 Å². The number of nitrogens with one attached hydrogen (secondary N) is 1. The highest BCUT2D eigenvalue weighted by Gasteiger charge is 2.28. The summed E-state index contributed by atoms with van der Waals surface area (Å²) in [6, 6.07) is 0. The Bertz CT molecular complexity index is 492. The molecule has 1 aliphatic carbocycles. The Morgan fingerprint density at radius 3 is 2.58 bits per heavy atom. The van der Waals surface area contributed by atoms with Gasteiger partial charge in [-0.05, 0) is 62.3 Å². The molecule has 0 aromatic heterocycles. The van der Waals surface area contributed by atoms with Crippen molar-refractivity contribution in [3.05, 3.63) is 27.3 Å². The van der Waals surface area contributed by atoms with Crippen LogP contribution in [0.1, 0.15) is 47.4 Å². The first kappa shape index (κ1) is 13.3. The summed E-state index contributed by atoms with van der Waals surface area (Å²) in [5.74, 6) is 1.49. The van der Waals surface area contributed by atoms with Crippen LogP contribution in [0.5, 0.6) is 5.75 Å². The lowest BCUT2D eigenvalue weighted by atomic mass is 9.82. The maximum Gasteiger partial charge on any atom is 0.141 e. The zero-order valence-electron chi connectivity index (χ0n) is 11.8. The molecule has 1 fully saturated rings. The van der Waals surface area contributed by atoms with Crippen molar-refractivity contribution in [2.75, 3.05) is 20.2 Å². The Kier molecular flexibility index (Phi) is 3.72. The number of hydrogen-bond acceptors (Lipinski definition) is 2. The van der Waals surface area contributed by atoms with Gasteiger partial charge in [-0.1, -0.05) is 11.6 Å². The molecule has 104 valence electrons. The smallest absolute Gasteiger partial charge is 0.141 e. The van der Waals surface area contributed by atoms with Crippen molar-refractivity contribution in [2.24, 2.45) is 0 Å². The first-order valence-corrected chi connectivity index (χ1v) is 7.70. The van der Waals surface area contributed by atoms with E-state index in [0.29, 0.717) is 5.92 Å². The maximum absolute atomic E-state index is 6.64. The summed E-state index contributed by atoms with van der Waals surface area (Å²) in [7, 11) is 1.75. The summed E-state index contributed by atoms with van der Waals surface area (Å²) in [5.41, 5.74) is 5.64. The fourth-order valence-electron chi connectivity index (χ4n) is 3.74. The van der Waals surface area contributed by atoms with Crippen molar-refractivity contribution in [3.8, 4) is 5.75 Å². The van der Waals surface area contributed by atoms with Crippen LogP contribution in [0, 0.1) is 6.92 Å². The van der Waals surface area contributed by atoms with E-state index >= 15 is 0 Å². The van der Waals surface area contributed by atoms with E-state index in [-0.39, 0.29) is 0 Å². The van der Waals surface area contributed by atoms with Gasteiger partial charge in [0.2, 0.25) is 0 Å². The van der Waals surface area contributed by atoms with E-state index in [9.17, 15) is 0 Å². The molecule has 2 aliphatic rings. The third-order valence-corrected chi connectivity index (χ3v) is 5.11. The van der Waals surface area contributed by atoms with Crippen LogP contribution >= 0.6 is 11.6 Å². The molecule has 0 amide bonds. The molecule has 1 heterocycles. The maximum atomic E-state index is 6.64. The van der Waals surface area contributed by atoms with E-state index in [0.717, 1.165) is 30.3 Å². The van der Waals surface area contributed by atoms with Crippen molar-refractivity contribution in [1.82, 2.24) is 5.32 Å². The van der Waals surface area contributed by atoms with Gasteiger partial charge in [-0.15, -0.1) is 0 Å². The van der Waals surface area contributed by atoms with E-state index in [2.05, 4.69) is 12.2 Å². The fraction of sp³-hybridized carbons (Fsp3) is 0.625. The summed E-state index contributed by atoms with van der Waals surface area (Å²) < 4.78 is 5.68. The van der Waals surface area contributed by atoms with Gasteiger partial charge in [0.15, 0.2) is 0 Å². The van der Waals surface area contributed by atoms with Gasteiger partial charge in [0, 0.05) is 18.0 Å². The Morgan fingerprint density at radius 1 is 1.21 bits per heavy atom. The molecule has 1 saturated heterocycles. The molecule has 1 atom stereocenters. The molecule has 19 heavy (non-hydrogen) atoms. The molecule has 1 unspecified atom stereocenters. The summed E-state index contributed by atoms with van der Waals surface area (Å²) >= 11 is 6.64. The van der Waals surface area contributed by atoms with Crippen LogP contribution in [0.3, 0.4) is 0 Å². The van der Waals surface area contributed by atoms with Gasteiger partial charge >= 0.3 is 0 Å². The Labute approximate surface area is 120 Å². The van der Waals surface area contributed by atoms with E-state index in [4.69, 9.17) is 16.3 Å². The molecule has 1 aromatic rings. The number of halogens is 1. The topological polar surface area (TPSA) is 21.3 Å². The predicted octanol–water partition coefficient (Wildman–Crippen LogP) is 3.61. The highest BCUT2D eigenvalue weighted by Crippen LogP contribution is 2.44. The standard InChI is InChI=1S/C16H22ClNO/c1-10-12-5-3-4-6-13(12)15(17)16(19-2)14(10)11-7-8-18-9-11/h11,18H,3-9H2,1-2H3. The zero-order chi connectivity index (χ0) is 13.4. The Morgan fingerprint density at radius 2 is 1.95 bits per heavy atom. The highest BCUT2D eigenvalue weighted by molar-refractivity contribution is 6.33. The Hall–Kier alpha value is -0.730. The molecule has 1 N–H and O–H groups in total. The molecule has 0 radical (unpaired) electrons. The van der Waals surface area contributed by atoms with E-state index in [1.165, 1.54) is 47.9 Å². The average Bonchev–Trinajstić information content (AvgIpc) is 2.96. The minimum atomic E-state index is 0.555. The van der Waals surface area contributed by atoms with Crippen molar-refractivity contribution in [3.63, 3.8) is 0 Å². The van der Waals surface area contributed by atoms with Crippen molar-refractivity contribution in [1.29, 1.82) is 0 Å². The zero-order valence-corrected chi connectivity index (χ0v) is 12.6. The first-order chi connectivity index (χ1) is 9.24. The molecular formula is C16H22ClNO. The van der Waals surface area contributed by atoms with Crippen LogP contribution in [0.15, 0.2) is 0 Å². The molecule has 3 heteroatoms. The Balaban J connectivity index is 2.18. The SMILES string of the molecule is COc1c(Cl)c2c(c(C)c1C1CCNC1)CCCC2. The lowest BCUT2D eigenvalue weighted by Crippen LogP contribution is -2.14. The minimum absolute atomic E-state index is 0.555. The van der Waals surface area contributed by atoms with Gasteiger partial charge in [-0.2, -0.15) is 0 Å². The highest BCUT2D eigenvalue weighted by atomic mass is 35.5. The number of methoxy groups -OCH3 is 1. The summed E-state index contributed by atoms with van der Waals surface area (Å²) in [6.07, 6.45) is 6.01. The second-order valence-corrected chi connectivity index (χ2v) is 6.12. The second-order valence-electron chi connectivity index (χ2n) is 5.74. The molecule has 1 aromatic carbocycles. The van der Waals surface area contributed by atoms with Gasteiger partial charge < -0.3 is 10.1 Å². The summed E-state index contributed by atoms with van der Waals surface area (Å²) in [6.45, 7) is 4.41. The van der Waals surface area contributed by atoms with Gasteiger partial charge in [0.25, 0.3) is 0 Å². The second kappa shape index (κ2) is 5.34. The number of ether oxygens (including phenoxy) is 1. The van der Waals surface area contributed by atoms with Crippen LogP contribution < -0.4 is 10.1 Å². The minimum Gasteiger partial charge on any atom is -0.495 e. The van der Waals surface area contributed by atoms with Crippen LogP contribution in [0.4, 0.5) is 0 Å². The van der Waals surface area contributed by atoms with Crippen LogP contribution in [-0.2, 0) is 12.8 Å². The summed E-state index contributed by atoms with van der Waals surface area (Å²) in [4.78, 5) is 0. The normalized spacial score (nSPS) is 22.4. The molecule has 0 saturated carbocycles. The van der Waals surface area contributed by atoms with Gasteiger partial charge in [0.1, 0.15) is 5.75 Å². The fourth-order valence-corrected chi connectivity index (χ4v) is 4.13. The van der Waals surface area contributed by atoms with Crippen LogP contribution in [0.25, 0.3) is 0 Å². The largest absolute Gasteiger partial charge is 0.495 e. The number of benzene rings is 1. The molecule has 0 spiro atoms. The molecule has 3 rings (SSSR count). The lowest BCUT2D eigenvalue weighted by molar-refractivity contribution is 0.404. The molecular weight excluding hydrogens is 258 g/mol. The van der Waals surface area contributed by atoms with Crippen molar-refractivity contribution in [2.45, 2.75) is 44.9 Å². The van der Waals surface area contributed by atoms with E-state index in [1.807, 2.05) is 0 Å². The number of hydrogen-bond donors (Lipinski definition) is 1. The number of rotatable bonds is 2. The van der Waals surface area contributed by atoms with Gasteiger partial charge in [-0.25, -0.2) is 0 Å².